The number of piperazine rings is 1. The van der Waals surface area contributed by atoms with Gasteiger partial charge in [0.25, 0.3) is 0 Å². The van der Waals surface area contributed by atoms with Gasteiger partial charge in [0.15, 0.2) is 11.6 Å². The molecule has 28 heavy (non-hydrogen) atoms. The lowest BCUT2D eigenvalue weighted by Crippen LogP contribution is -2.51. The molecule has 0 unspecified atom stereocenters. The van der Waals surface area contributed by atoms with Gasteiger partial charge in [0.05, 0.1) is 0 Å². The van der Waals surface area contributed by atoms with Gasteiger partial charge in [-0.25, -0.2) is 0 Å². The van der Waals surface area contributed by atoms with E-state index in [9.17, 15) is 9.59 Å². The van der Waals surface area contributed by atoms with Crippen molar-refractivity contribution in [1.29, 1.82) is 0 Å². The first-order valence-electron chi connectivity index (χ1n) is 10.7. The van der Waals surface area contributed by atoms with E-state index in [1.165, 1.54) is 12.8 Å². The number of hydrogen-bond acceptors (Lipinski definition) is 6. The molecule has 3 fully saturated rings. The molecule has 0 N–H and O–H groups in total. The molecule has 0 aromatic carbocycles. The third kappa shape index (κ3) is 4.28. The van der Waals surface area contributed by atoms with Crippen molar-refractivity contribution in [3.8, 4) is 0 Å². The summed E-state index contributed by atoms with van der Waals surface area (Å²) < 4.78 is 0. The molecule has 0 atom stereocenters. The van der Waals surface area contributed by atoms with Gasteiger partial charge in [-0.2, -0.15) is 0 Å². The van der Waals surface area contributed by atoms with E-state index in [4.69, 9.17) is 0 Å². The summed E-state index contributed by atoms with van der Waals surface area (Å²) in [6.45, 7) is 7.43. The number of aromatic nitrogens is 2. The molecule has 3 aliphatic rings. The molecule has 7 heteroatoms. The number of anilines is 2. The Bertz CT molecular complexity index is 681. The zero-order chi connectivity index (χ0) is 19.5. The molecule has 7 nitrogen and oxygen atoms in total. The van der Waals surface area contributed by atoms with E-state index >= 15 is 0 Å². The van der Waals surface area contributed by atoms with Crippen molar-refractivity contribution in [1.82, 2.24) is 15.1 Å². The van der Waals surface area contributed by atoms with Crippen LogP contribution < -0.4 is 9.80 Å². The van der Waals surface area contributed by atoms with E-state index in [2.05, 4.69) is 39.1 Å². The third-order valence-corrected chi connectivity index (χ3v) is 6.55. The van der Waals surface area contributed by atoms with Gasteiger partial charge < -0.3 is 14.7 Å². The van der Waals surface area contributed by atoms with Gasteiger partial charge in [-0.1, -0.05) is 6.92 Å². The summed E-state index contributed by atoms with van der Waals surface area (Å²) in [6, 6.07) is 4.14. The highest BCUT2D eigenvalue weighted by Gasteiger charge is 2.30. The molecule has 0 spiro atoms. The molecular weight excluding hydrogens is 354 g/mol. The van der Waals surface area contributed by atoms with Crippen molar-refractivity contribution in [2.24, 2.45) is 11.8 Å². The summed E-state index contributed by atoms with van der Waals surface area (Å²) in [6.07, 6.45) is 5.01. The standard InChI is InChI=1S/C21H31N5O2/c1-16-8-10-24(11-9-16)19-6-7-20(23-22-19)25-12-14-26(15-13-25)21(28)17-2-4-18(27)5-3-17/h6-7,16-17H,2-5,8-15H2,1H3. The SMILES string of the molecule is CC1CCN(c2ccc(N3CCN(C(=O)C4CCC(=O)CC4)CC3)nn2)CC1. The summed E-state index contributed by atoms with van der Waals surface area (Å²) >= 11 is 0. The molecule has 4 rings (SSSR count). The van der Waals surface area contributed by atoms with E-state index in [1.54, 1.807) is 0 Å². The van der Waals surface area contributed by atoms with Crippen LogP contribution in [0, 0.1) is 11.8 Å². The van der Waals surface area contributed by atoms with Crippen LogP contribution >= 0.6 is 0 Å². The van der Waals surface area contributed by atoms with Crippen LogP contribution in [0.5, 0.6) is 0 Å². The molecule has 0 bridgehead atoms. The summed E-state index contributed by atoms with van der Waals surface area (Å²) in [4.78, 5) is 30.6. The lowest BCUT2D eigenvalue weighted by Gasteiger charge is -2.37. The number of piperidine rings is 1. The first-order valence-corrected chi connectivity index (χ1v) is 10.7. The highest BCUT2D eigenvalue weighted by atomic mass is 16.2. The zero-order valence-electron chi connectivity index (χ0n) is 16.8. The number of hydrogen-bond donors (Lipinski definition) is 0. The highest BCUT2D eigenvalue weighted by molar-refractivity contribution is 5.84. The second-order valence-electron chi connectivity index (χ2n) is 8.54. The number of carbonyl (C=O) groups is 2. The maximum atomic E-state index is 12.7. The van der Waals surface area contributed by atoms with Crippen LogP contribution in [0.25, 0.3) is 0 Å². The predicted molar refractivity (Wildman–Crippen MR) is 108 cm³/mol. The zero-order valence-corrected chi connectivity index (χ0v) is 16.8. The molecule has 0 radical (unpaired) electrons. The summed E-state index contributed by atoms with van der Waals surface area (Å²) in [5.41, 5.74) is 0. The highest BCUT2D eigenvalue weighted by Crippen LogP contribution is 2.25. The van der Waals surface area contributed by atoms with Gasteiger partial charge in [0.2, 0.25) is 5.91 Å². The number of ketones is 1. The minimum Gasteiger partial charge on any atom is -0.355 e. The van der Waals surface area contributed by atoms with Crippen LogP contribution in [0.3, 0.4) is 0 Å². The molecule has 1 aromatic heterocycles. The average Bonchev–Trinajstić information content (AvgIpc) is 2.75. The van der Waals surface area contributed by atoms with Crippen LogP contribution in [0.4, 0.5) is 11.6 Å². The maximum Gasteiger partial charge on any atom is 0.225 e. The van der Waals surface area contributed by atoms with Crippen molar-refractivity contribution in [2.75, 3.05) is 49.1 Å². The number of Topliss-reactive ketones (excluding diaryl/α,β-unsaturated/α-hetero) is 1. The van der Waals surface area contributed by atoms with Crippen LogP contribution in [0.15, 0.2) is 12.1 Å². The number of carbonyl (C=O) groups excluding carboxylic acids is 2. The molecule has 2 aliphatic heterocycles. The fourth-order valence-corrected chi connectivity index (χ4v) is 4.49. The number of nitrogens with zero attached hydrogens (tertiary/aromatic N) is 5. The van der Waals surface area contributed by atoms with Gasteiger partial charge >= 0.3 is 0 Å². The minimum atomic E-state index is 0.0376. The van der Waals surface area contributed by atoms with Gasteiger partial charge in [-0.15, -0.1) is 10.2 Å². The quantitative estimate of drug-likeness (QED) is 0.794. The number of amides is 1. The van der Waals surface area contributed by atoms with Crippen LogP contribution in [0.1, 0.15) is 45.4 Å². The molecule has 152 valence electrons. The first kappa shape index (κ1) is 19.2. The summed E-state index contributed by atoms with van der Waals surface area (Å²) in [7, 11) is 0. The van der Waals surface area contributed by atoms with Gasteiger partial charge in [-0.3, -0.25) is 9.59 Å². The second kappa shape index (κ2) is 8.45. The largest absolute Gasteiger partial charge is 0.355 e. The smallest absolute Gasteiger partial charge is 0.225 e. The average molecular weight is 386 g/mol. The van der Waals surface area contributed by atoms with Crippen molar-refractivity contribution in [2.45, 2.75) is 45.4 Å². The molecule has 1 amide bonds. The Morgan fingerprint density at radius 3 is 1.93 bits per heavy atom. The minimum absolute atomic E-state index is 0.0376. The van der Waals surface area contributed by atoms with E-state index in [0.717, 1.165) is 69.7 Å². The van der Waals surface area contributed by atoms with Gasteiger partial charge in [-0.05, 0) is 43.7 Å². The van der Waals surface area contributed by atoms with Crippen LogP contribution in [-0.4, -0.2) is 66.1 Å². The summed E-state index contributed by atoms with van der Waals surface area (Å²) in [5, 5.41) is 8.92. The monoisotopic (exact) mass is 385 g/mol. The Kier molecular flexibility index (Phi) is 5.78. The molecular formula is C21H31N5O2. The van der Waals surface area contributed by atoms with Crippen LogP contribution in [0.2, 0.25) is 0 Å². The molecule has 1 aliphatic carbocycles. The van der Waals surface area contributed by atoms with Crippen molar-refractivity contribution in [3.05, 3.63) is 12.1 Å². The van der Waals surface area contributed by atoms with E-state index < -0.39 is 0 Å². The fourth-order valence-electron chi connectivity index (χ4n) is 4.49. The van der Waals surface area contributed by atoms with E-state index in [0.29, 0.717) is 18.6 Å². The van der Waals surface area contributed by atoms with Crippen molar-refractivity contribution >= 4 is 23.3 Å². The van der Waals surface area contributed by atoms with Crippen molar-refractivity contribution in [3.63, 3.8) is 0 Å². The lowest BCUT2D eigenvalue weighted by molar-refractivity contribution is -0.137. The Morgan fingerprint density at radius 2 is 1.39 bits per heavy atom. The molecule has 2 saturated heterocycles. The third-order valence-electron chi connectivity index (χ3n) is 6.55. The van der Waals surface area contributed by atoms with Gasteiger partial charge in [0, 0.05) is 58.0 Å². The maximum absolute atomic E-state index is 12.7. The molecule has 3 heterocycles. The Balaban J connectivity index is 1.29. The second-order valence-corrected chi connectivity index (χ2v) is 8.54. The summed E-state index contributed by atoms with van der Waals surface area (Å²) in [5.74, 6) is 3.23. The Hall–Kier alpha value is -2.18. The first-order chi connectivity index (χ1) is 13.6. The van der Waals surface area contributed by atoms with Crippen molar-refractivity contribution < 1.29 is 9.59 Å². The van der Waals surface area contributed by atoms with Gasteiger partial charge in [0.1, 0.15) is 5.78 Å². The normalized spacial score (nSPS) is 22.6. The predicted octanol–water partition coefficient (Wildman–Crippen LogP) is 2.12. The van der Waals surface area contributed by atoms with E-state index in [-0.39, 0.29) is 11.8 Å². The molecule has 1 saturated carbocycles. The topological polar surface area (TPSA) is 69.6 Å². The Labute approximate surface area is 167 Å². The number of rotatable bonds is 3. The fraction of sp³-hybridized carbons (Fsp3) is 0.714. The van der Waals surface area contributed by atoms with Crippen LogP contribution in [-0.2, 0) is 9.59 Å². The lowest BCUT2D eigenvalue weighted by atomic mass is 9.87. The van der Waals surface area contributed by atoms with E-state index in [1.807, 2.05) is 4.90 Å². The molecule has 1 aromatic rings. The Morgan fingerprint density at radius 1 is 0.857 bits per heavy atom.